The maximum absolute atomic E-state index is 12.3. The summed E-state index contributed by atoms with van der Waals surface area (Å²) >= 11 is 7.47. The van der Waals surface area contributed by atoms with Crippen LogP contribution in [-0.4, -0.2) is 23.7 Å². The largest absolute Gasteiger partial charge is 0.396 e. The van der Waals surface area contributed by atoms with Crippen LogP contribution in [0.5, 0.6) is 0 Å². The Morgan fingerprint density at radius 1 is 1.38 bits per heavy atom. The van der Waals surface area contributed by atoms with Crippen molar-refractivity contribution in [2.45, 2.75) is 25.8 Å². The average Bonchev–Trinajstić information content (AvgIpc) is 2.80. The van der Waals surface area contributed by atoms with Crippen LogP contribution in [0, 0.1) is 6.92 Å². The zero-order chi connectivity index (χ0) is 15.2. The molecule has 0 aliphatic carbocycles. The molecule has 0 spiro atoms. The number of aliphatic hydroxyl groups is 1. The molecule has 0 bridgehead atoms. The Labute approximate surface area is 133 Å². The van der Waals surface area contributed by atoms with Gasteiger partial charge in [0.05, 0.1) is 5.02 Å². The third-order valence-electron chi connectivity index (χ3n) is 3.24. The van der Waals surface area contributed by atoms with Gasteiger partial charge in [-0.25, -0.2) is 0 Å². The lowest BCUT2D eigenvalue weighted by Crippen LogP contribution is -2.37. The molecule has 0 saturated carbocycles. The van der Waals surface area contributed by atoms with Crippen molar-refractivity contribution in [2.24, 2.45) is 0 Å². The van der Waals surface area contributed by atoms with Crippen LogP contribution in [0.2, 0.25) is 5.02 Å². The Kier molecular flexibility index (Phi) is 5.79. The minimum Gasteiger partial charge on any atom is -0.396 e. The molecule has 112 valence electrons. The van der Waals surface area contributed by atoms with E-state index in [1.165, 1.54) is 11.3 Å². The van der Waals surface area contributed by atoms with Crippen LogP contribution >= 0.6 is 22.9 Å². The number of hydrogen-bond donors (Lipinski definition) is 2. The van der Waals surface area contributed by atoms with Crippen LogP contribution in [0.3, 0.4) is 0 Å². The molecule has 0 fully saturated rings. The summed E-state index contributed by atoms with van der Waals surface area (Å²) in [6.07, 6.45) is 1.21. The monoisotopic (exact) mass is 323 g/mol. The standard InChI is InChI=1S/C16H18ClNO2S/c1-11-10-21-15(14(11)17)16(20)18-13(7-8-19)9-12-5-3-2-4-6-12/h2-6,10,13,19H,7-9H2,1H3,(H,18,20)/t13-/m1/s1. The lowest BCUT2D eigenvalue weighted by atomic mass is 10.0. The molecule has 1 atom stereocenters. The lowest BCUT2D eigenvalue weighted by Gasteiger charge is -2.17. The van der Waals surface area contributed by atoms with E-state index in [9.17, 15) is 9.90 Å². The summed E-state index contributed by atoms with van der Waals surface area (Å²) in [5, 5.41) is 14.5. The first kappa shape index (κ1) is 16.0. The topological polar surface area (TPSA) is 49.3 Å². The van der Waals surface area contributed by atoms with Crippen molar-refractivity contribution in [1.29, 1.82) is 0 Å². The molecular formula is C16H18ClNO2S. The molecule has 0 aliphatic heterocycles. The Hall–Kier alpha value is -1.36. The summed E-state index contributed by atoms with van der Waals surface area (Å²) in [5.74, 6) is -0.174. The van der Waals surface area contributed by atoms with Crippen molar-refractivity contribution in [3.8, 4) is 0 Å². The zero-order valence-corrected chi connectivity index (χ0v) is 13.4. The Morgan fingerprint density at radius 3 is 2.67 bits per heavy atom. The second-order valence-electron chi connectivity index (χ2n) is 4.93. The highest BCUT2D eigenvalue weighted by atomic mass is 35.5. The number of nitrogens with one attached hydrogen (secondary N) is 1. The number of aryl methyl sites for hydroxylation is 1. The van der Waals surface area contributed by atoms with Gasteiger partial charge in [-0.1, -0.05) is 41.9 Å². The van der Waals surface area contributed by atoms with E-state index in [0.29, 0.717) is 22.7 Å². The van der Waals surface area contributed by atoms with Gasteiger partial charge in [-0.3, -0.25) is 4.79 Å². The molecule has 5 heteroatoms. The number of aliphatic hydroxyl groups excluding tert-OH is 1. The Bertz CT molecular complexity index is 598. The van der Waals surface area contributed by atoms with Crippen molar-refractivity contribution in [1.82, 2.24) is 5.32 Å². The fourth-order valence-corrected chi connectivity index (χ4v) is 3.30. The first-order chi connectivity index (χ1) is 10.1. The van der Waals surface area contributed by atoms with E-state index in [0.717, 1.165) is 11.1 Å². The summed E-state index contributed by atoms with van der Waals surface area (Å²) in [4.78, 5) is 12.8. The van der Waals surface area contributed by atoms with Gasteiger partial charge in [0.1, 0.15) is 4.88 Å². The van der Waals surface area contributed by atoms with Gasteiger partial charge in [-0.15, -0.1) is 11.3 Å². The van der Waals surface area contributed by atoms with E-state index in [4.69, 9.17) is 11.6 Å². The molecule has 2 rings (SSSR count). The molecule has 2 N–H and O–H groups in total. The molecule has 1 aromatic heterocycles. The van der Waals surface area contributed by atoms with Crippen molar-refractivity contribution in [3.05, 3.63) is 56.7 Å². The molecule has 1 heterocycles. The van der Waals surface area contributed by atoms with Crippen LogP contribution in [-0.2, 0) is 6.42 Å². The van der Waals surface area contributed by atoms with Gasteiger partial charge in [0.25, 0.3) is 5.91 Å². The normalized spacial score (nSPS) is 12.1. The first-order valence-electron chi connectivity index (χ1n) is 6.81. The predicted molar refractivity (Wildman–Crippen MR) is 87.2 cm³/mol. The van der Waals surface area contributed by atoms with Gasteiger partial charge >= 0.3 is 0 Å². The highest BCUT2D eigenvalue weighted by molar-refractivity contribution is 7.13. The summed E-state index contributed by atoms with van der Waals surface area (Å²) < 4.78 is 0. The highest BCUT2D eigenvalue weighted by Gasteiger charge is 2.18. The molecule has 2 aromatic rings. The fourth-order valence-electron chi connectivity index (χ4n) is 2.11. The first-order valence-corrected chi connectivity index (χ1v) is 8.06. The number of carbonyl (C=O) groups excluding carboxylic acids is 1. The van der Waals surface area contributed by atoms with E-state index in [-0.39, 0.29) is 18.6 Å². The van der Waals surface area contributed by atoms with Crippen molar-refractivity contribution < 1.29 is 9.90 Å². The molecule has 1 amide bonds. The van der Waals surface area contributed by atoms with Gasteiger partial charge in [-0.05, 0) is 36.3 Å². The van der Waals surface area contributed by atoms with Gasteiger partial charge < -0.3 is 10.4 Å². The fraction of sp³-hybridized carbons (Fsp3) is 0.312. The minimum atomic E-state index is -0.174. The molecule has 21 heavy (non-hydrogen) atoms. The van der Waals surface area contributed by atoms with Gasteiger partial charge in [0.2, 0.25) is 0 Å². The van der Waals surface area contributed by atoms with Crippen molar-refractivity contribution >= 4 is 28.8 Å². The average molecular weight is 324 g/mol. The van der Waals surface area contributed by atoms with Crippen LogP contribution in [0.4, 0.5) is 0 Å². The second-order valence-corrected chi connectivity index (χ2v) is 6.19. The van der Waals surface area contributed by atoms with E-state index in [1.807, 2.05) is 42.6 Å². The quantitative estimate of drug-likeness (QED) is 0.855. The summed E-state index contributed by atoms with van der Waals surface area (Å²) in [7, 11) is 0. The van der Waals surface area contributed by atoms with E-state index < -0.39 is 0 Å². The SMILES string of the molecule is Cc1csc(C(=O)N[C@H](CCO)Cc2ccccc2)c1Cl. The summed E-state index contributed by atoms with van der Waals surface area (Å²) in [5.41, 5.74) is 2.04. The van der Waals surface area contributed by atoms with Crippen molar-refractivity contribution in [2.75, 3.05) is 6.61 Å². The molecule has 0 unspecified atom stereocenters. The molecule has 1 aromatic carbocycles. The van der Waals surface area contributed by atoms with Crippen LogP contribution in [0.15, 0.2) is 35.7 Å². The van der Waals surface area contributed by atoms with Gasteiger partial charge in [0.15, 0.2) is 0 Å². The highest BCUT2D eigenvalue weighted by Crippen LogP contribution is 2.27. The molecule has 3 nitrogen and oxygen atoms in total. The van der Waals surface area contributed by atoms with Crippen molar-refractivity contribution in [3.63, 3.8) is 0 Å². The number of halogens is 1. The number of hydrogen-bond acceptors (Lipinski definition) is 3. The minimum absolute atomic E-state index is 0.0367. The zero-order valence-electron chi connectivity index (χ0n) is 11.8. The Balaban J connectivity index is 2.05. The summed E-state index contributed by atoms with van der Waals surface area (Å²) in [6.45, 7) is 1.92. The van der Waals surface area contributed by atoms with Crippen LogP contribution < -0.4 is 5.32 Å². The number of benzene rings is 1. The molecule has 0 saturated heterocycles. The maximum atomic E-state index is 12.3. The summed E-state index contributed by atoms with van der Waals surface area (Å²) in [6, 6.07) is 9.80. The number of carbonyl (C=O) groups is 1. The maximum Gasteiger partial charge on any atom is 0.263 e. The third kappa shape index (κ3) is 4.30. The third-order valence-corrected chi connectivity index (χ3v) is 4.94. The molecule has 0 radical (unpaired) electrons. The van der Waals surface area contributed by atoms with Gasteiger partial charge in [-0.2, -0.15) is 0 Å². The lowest BCUT2D eigenvalue weighted by molar-refractivity contribution is 0.0934. The predicted octanol–water partition coefficient (Wildman–Crippen LogP) is 3.43. The smallest absolute Gasteiger partial charge is 0.263 e. The van der Waals surface area contributed by atoms with Crippen LogP contribution in [0.1, 0.15) is 27.2 Å². The number of thiophene rings is 1. The second kappa shape index (κ2) is 7.59. The Morgan fingerprint density at radius 2 is 2.10 bits per heavy atom. The van der Waals surface area contributed by atoms with E-state index in [1.54, 1.807) is 0 Å². The van der Waals surface area contributed by atoms with Crippen LogP contribution in [0.25, 0.3) is 0 Å². The molecular weight excluding hydrogens is 306 g/mol. The number of amides is 1. The molecule has 0 aliphatic rings. The van der Waals surface area contributed by atoms with Gasteiger partial charge in [0, 0.05) is 12.6 Å². The van der Waals surface area contributed by atoms with E-state index >= 15 is 0 Å². The number of rotatable bonds is 6. The van der Waals surface area contributed by atoms with E-state index in [2.05, 4.69) is 5.32 Å².